The third-order valence-corrected chi connectivity index (χ3v) is 3.54. The second kappa shape index (κ2) is 6.06. The molecule has 0 saturated heterocycles. The van der Waals surface area contributed by atoms with Gasteiger partial charge in [0, 0.05) is 6.04 Å². The summed E-state index contributed by atoms with van der Waals surface area (Å²) < 4.78 is 5.42. The fourth-order valence-electron chi connectivity index (χ4n) is 2.58. The lowest BCUT2D eigenvalue weighted by molar-refractivity contribution is -0.144. The van der Waals surface area contributed by atoms with E-state index in [1.165, 1.54) is 11.1 Å². The number of aliphatic carboxylic acids is 1. The van der Waals surface area contributed by atoms with Crippen LogP contribution < -0.4 is 10.1 Å². The summed E-state index contributed by atoms with van der Waals surface area (Å²) >= 11 is 0. The van der Waals surface area contributed by atoms with E-state index < -0.39 is 12.1 Å². The van der Waals surface area contributed by atoms with E-state index in [0.29, 0.717) is 11.8 Å². The standard InChI is InChI=1S/C15H21NO3/c1-3-16-14-6-4-5-11-9-12(7-8-13(11)14)19-10(2)15(17)18/h7-10,14,16H,3-6H2,1-2H3,(H,17,18). The molecule has 104 valence electrons. The highest BCUT2D eigenvalue weighted by molar-refractivity contribution is 5.72. The summed E-state index contributed by atoms with van der Waals surface area (Å²) in [5.41, 5.74) is 2.59. The number of nitrogens with one attached hydrogen (secondary N) is 1. The lowest BCUT2D eigenvalue weighted by atomic mass is 9.87. The van der Waals surface area contributed by atoms with Gasteiger partial charge in [0.15, 0.2) is 6.10 Å². The first-order chi connectivity index (χ1) is 9.11. The molecule has 2 unspecified atom stereocenters. The van der Waals surface area contributed by atoms with Crippen LogP contribution in [0.15, 0.2) is 18.2 Å². The molecule has 0 aromatic heterocycles. The molecule has 2 rings (SSSR count). The summed E-state index contributed by atoms with van der Waals surface area (Å²) in [5, 5.41) is 12.3. The molecule has 1 aliphatic rings. The minimum absolute atomic E-state index is 0.416. The maximum atomic E-state index is 10.8. The average Bonchev–Trinajstić information content (AvgIpc) is 2.39. The molecule has 1 aromatic carbocycles. The molecule has 1 aromatic rings. The van der Waals surface area contributed by atoms with Crippen molar-refractivity contribution in [1.29, 1.82) is 0 Å². The number of ether oxygens (including phenoxy) is 1. The number of rotatable bonds is 5. The van der Waals surface area contributed by atoms with Crippen molar-refractivity contribution in [1.82, 2.24) is 5.32 Å². The SMILES string of the molecule is CCNC1CCCc2cc(OC(C)C(=O)O)ccc21. The molecule has 0 aliphatic heterocycles. The van der Waals surface area contributed by atoms with Crippen molar-refractivity contribution >= 4 is 5.97 Å². The Morgan fingerprint density at radius 2 is 2.37 bits per heavy atom. The van der Waals surface area contributed by atoms with Gasteiger partial charge in [-0.3, -0.25) is 0 Å². The Morgan fingerprint density at radius 3 is 3.05 bits per heavy atom. The van der Waals surface area contributed by atoms with Crippen LogP contribution >= 0.6 is 0 Å². The van der Waals surface area contributed by atoms with Gasteiger partial charge in [-0.05, 0) is 56.0 Å². The van der Waals surface area contributed by atoms with Crippen LogP contribution in [-0.4, -0.2) is 23.7 Å². The number of benzene rings is 1. The number of carboxylic acids is 1. The number of hydrogen-bond donors (Lipinski definition) is 2. The van der Waals surface area contributed by atoms with Gasteiger partial charge < -0.3 is 15.2 Å². The van der Waals surface area contributed by atoms with Crippen LogP contribution in [-0.2, 0) is 11.2 Å². The molecule has 0 heterocycles. The number of aryl methyl sites for hydroxylation is 1. The third-order valence-electron chi connectivity index (χ3n) is 3.54. The first-order valence-corrected chi connectivity index (χ1v) is 6.87. The molecule has 0 fully saturated rings. The maximum Gasteiger partial charge on any atom is 0.344 e. The van der Waals surface area contributed by atoms with E-state index in [9.17, 15) is 4.79 Å². The van der Waals surface area contributed by atoms with E-state index in [4.69, 9.17) is 9.84 Å². The summed E-state index contributed by atoms with van der Waals surface area (Å²) in [5.74, 6) is -0.297. The van der Waals surface area contributed by atoms with Crippen LogP contribution in [0.3, 0.4) is 0 Å². The quantitative estimate of drug-likeness (QED) is 0.857. The zero-order chi connectivity index (χ0) is 13.8. The molecule has 1 aliphatic carbocycles. The molecular weight excluding hydrogens is 242 g/mol. The van der Waals surface area contributed by atoms with Crippen LogP contribution in [0.1, 0.15) is 43.9 Å². The molecule has 19 heavy (non-hydrogen) atoms. The first-order valence-electron chi connectivity index (χ1n) is 6.87. The van der Waals surface area contributed by atoms with Crippen molar-refractivity contribution in [2.24, 2.45) is 0 Å². The van der Waals surface area contributed by atoms with E-state index in [1.807, 2.05) is 12.1 Å². The summed E-state index contributed by atoms with van der Waals surface area (Å²) in [6.45, 7) is 4.61. The lowest BCUT2D eigenvalue weighted by Crippen LogP contribution is -2.25. The van der Waals surface area contributed by atoms with Gasteiger partial charge in [-0.25, -0.2) is 4.79 Å². The van der Waals surface area contributed by atoms with Crippen molar-refractivity contribution in [3.63, 3.8) is 0 Å². The minimum Gasteiger partial charge on any atom is -0.479 e. The van der Waals surface area contributed by atoms with E-state index in [0.717, 1.165) is 25.8 Å². The van der Waals surface area contributed by atoms with Gasteiger partial charge in [0.1, 0.15) is 5.75 Å². The van der Waals surface area contributed by atoms with E-state index >= 15 is 0 Å². The van der Waals surface area contributed by atoms with Crippen LogP contribution in [0, 0.1) is 0 Å². The van der Waals surface area contributed by atoms with Gasteiger partial charge in [0.2, 0.25) is 0 Å². The Labute approximate surface area is 113 Å². The van der Waals surface area contributed by atoms with Gasteiger partial charge >= 0.3 is 5.97 Å². The topological polar surface area (TPSA) is 58.6 Å². The monoisotopic (exact) mass is 263 g/mol. The highest BCUT2D eigenvalue weighted by Crippen LogP contribution is 2.32. The van der Waals surface area contributed by atoms with E-state index in [2.05, 4.69) is 18.3 Å². The normalized spacial score (nSPS) is 19.6. The largest absolute Gasteiger partial charge is 0.479 e. The second-order valence-electron chi connectivity index (χ2n) is 4.96. The molecule has 0 amide bonds. The van der Waals surface area contributed by atoms with Crippen LogP contribution in [0.2, 0.25) is 0 Å². The first kappa shape index (κ1) is 13.9. The number of hydrogen-bond acceptors (Lipinski definition) is 3. The third kappa shape index (κ3) is 3.26. The van der Waals surface area contributed by atoms with Gasteiger partial charge in [0.25, 0.3) is 0 Å². The zero-order valence-electron chi connectivity index (χ0n) is 11.5. The smallest absolute Gasteiger partial charge is 0.344 e. The number of carboxylic acid groups (broad SMARTS) is 1. The fraction of sp³-hybridized carbons (Fsp3) is 0.533. The zero-order valence-corrected chi connectivity index (χ0v) is 11.5. The Bertz CT molecular complexity index is 459. The maximum absolute atomic E-state index is 10.8. The van der Waals surface area contributed by atoms with Crippen molar-refractivity contribution in [3.8, 4) is 5.75 Å². The Kier molecular flexibility index (Phi) is 4.43. The molecule has 0 radical (unpaired) electrons. The summed E-state index contributed by atoms with van der Waals surface area (Å²) in [7, 11) is 0. The summed E-state index contributed by atoms with van der Waals surface area (Å²) in [6, 6.07) is 6.33. The second-order valence-corrected chi connectivity index (χ2v) is 4.96. The fourth-order valence-corrected chi connectivity index (χ4v) is 2.58. The minimum atomic E-state index is -0.941. The Morgan fingerprint density at radius 1 is 1.58 bits per heavy atom. The van der Waals surface area contributed by atoms with Crippen LogP contribution in [0.25, 0.3) is 0 Å². The molecule has 2 atom stereocenters. The summed E-state index contributed by atoms with van der Waals surface area (Å²) in [4.78, 5) is 10.8. The Balaban J connectivity index is 2.16. The van der Waals surface area contributed by atoms with Gasteiger partial charge in [-0.2, -0.15) is 0 Å². The predicted octanol–water partition coefficient (Wildman–Crippen LogP) is 2.53. The van der Waals surface area contributed by atoms with Gasteiger partial charge in [-0.15, -0.1) is 0 Å². The van der Waals surface area contributed by atoms with Crippen LogP contribution in [0.5, 0.6) is 5.75 Å². The lowest BCUT2D eigenvalue weighted by Gasteiger charge is -2.26. The van der Waals surface area contributed by atoms with Gasteiger partial charge in [-0.1, -0.05) is 13.0 Å². The van der Waals surface area contributed by atoms with Crippen molar-refractivity contribution in [3.05, 3.63) is 29.3 Å². The van der Waals surface area contributed by atoms with Crippen molar-refractivity contribution < 1.29 is 14.6 Å². The highest BCUT2D eigenvalue weighted by atomic mass is 16.5. The van der Waals surface area contributed by atoms with Crippen molar-refractivity contribution in [2.45, 2.75) is 45.3 Å². The number of carbonyl (C=O) groups is 1. The predicted molar refractivity (Wildman–Crippen MR) is 73.5 cm³/mol. The van der Waals surface area contributed by atoms with Crippen LogP contribution in [0.4, 0.5) is 0 Å². The average molecular weight is 263 g/mol. The molecule has 2 N–H and O–H groups in total. The molecule has 0 saturated carbocycles. The molecule has 0 bridgehead atoms. The van der Waals surface area contributed by atoms with E-state index in [1.54, 1.807) is 6.92 Å². The molecule has 4 heteroatoms. The molecule has 4 nitrogen and oxygen atoms in total. The molecule has 0 spiro atoms. The van der Waals surface area contributed by atoms with Crippen molar-refractivity contribution in [2.75, 3.05) is 6.54 Å². The van der Waals surface area contributed by atoms with E-state index in [-0.39, 0.29) is 0 Å². The highest BCUT2D eigenvalue weighted by Gasteiger charge is 2.20. The number of fused-ring (bicyclic) bond motifs is 1. The summed E-state index contributed by atoms with van der Waals surface area (Å²) in [6.07, 6.45) is 2.54. The Hall–Kier alpha value is -1.55. The molecular formula is C15H21NO3. The van der Waals surface area contributed by atoms with Gasteiger partial charge in [0.05, 0.1) is 0 Å².